The van der Waals surface area contributed by atoms with Crippen LogP contribution in [0.5, 0.6) is 5.75 Å². The van der Waals surface area contributed by atoms with E-state index in [0.717, 1.165) is 16.5 Å². The van der Waals surface area contributed by atoms with Crippen molar-refractivity contribution in [2.75, 3.05) is 11.5 Å². The molecule has 11 rings (SSSR count). The monoisotopic (exact) mass is 1340 g/mol. The number of benzene rings is 2. The molecule has 93 heavy (non-hydrogen) atoms. The molecule has 28 nitrogen and oxygen atoms in total. The molecule has 2 aromatic carbocycles. The van der Waals surface area contributed by atoms with Gasteiger partial charge in [0.15, 0.2) is 26.7 Å². The number of nitrogens with one attached hydrogen (secondary N) is 6. The summed E-state index contributed by atoms with van der Waals surface area (Å²) in [6.07, 6.45) is -0.914. The second-order valence-electron chi connectivity index (χ2n) is 28.5. The number of esters is 1. The Morgan fingerprint density at radius 3 is 1.76 bits per heavy atom. The summed E-state index contributed by atoms with van der Waals surface area (Å²) in [5.74, 6) is -0.200. The fourth-order valence-electron chi connectivity index (χ4n) is 9.53. The molecule has 0 bridgehead atoms. The van der Waals surface area contributed by atoms with E-state index in [1.54, 1.807) is 40.0 Å². The number of carbonyl (C=O) groups is 7. The number of sulfone groups is 1. The summed E-state index contributed by atoms with van der Waals surface area (Å²) in [6.45, 7) is 39.2. The minimum absolute atomic E-state index is 0.00199. The number of amides is 8. The largest absolute Gasteiger partial charge is 0.537 e. The van der Waals surface area contributed by atoms with Crippen LogP contribution in [0.4, 0.5) is 24.9 Å². The van der Waals surface area contributed by atoms with Crippen molar-refractivity contribution < 1.29 is 69.9 Å². The molecule has 0 spiro atoms. The molecule has 9 heterocycles. The third-order valence-corrected chi connectivity index (χ3v) is 19.0. The number of hydroxylamine groups is 2. The summed E-state index contributed by atoms with van der Waals surface area (Å²) in [6, 6.07) is 15.0. The first kappa shape index (κ1) is 75.6. The number of ether oxygens (including phenoxy) is 3. The summed E-state index contributed by atoms with van der Waals surface area (Å²) in [4.78, 5) is 96.3. The summed E-state index contributed by atoms with van der Waals surface area (Å²) in [5, 5.41) is 30.2. The SMILES string of the molecule is CC(C)(C)C1(C)N=N1.CC(C)(C)Oc1c2occc2cc2ccc(=O)oc12.CC(C)(C)c1ccc(N=[N+]=[N-])cc1.CC1NC(=O)NC1C(C)(C)C.C[C@@H]1SC[C@@H]2NC(=O)N[C@@H]21.C[C@H](OC(=O)ON1C(=O)CCC1=O)OC(=O)C(C)(C)C.C[C@H]1[C@H]2NC(=O)N[C@H]2CS1(=O)=O. The number of azide groups is 1. The van der Waals surface area contributed by atoms with Gasteiger partial charge in [0, 0.05) is 69.7 Å². The molecule has 30 heteroatoms. The van der Waals surface area contributed by atoms with Gasteiger partial charge in [-0.15, -0.1) is 0 Å². The van der Waals surface area contributed by atoms with Gasteiger partial charge in [0.2, 0.25) is 12.0 Å². The van der Waals surface area contributed by atoms with Crippen molar-refractivity contribution in [3.63, 3.8) is 0 Å². The van der Waals surface area contributed by atoms with E-state index in [0.29, 0.717) is 45.0 Å². The van der Waals surface area contributed by atoms with Crippen LogP contribution in [-0.4, -0.2) is 131 Å². The van der Waals surface area contributed by atoms with Gasteiger partial charge in [-0.05, 0) is 102 Å². The van der Waals surface area contributed by atoms with Crippen LogP contribution in [0, 0.1) is 16.2 Å². The van der Waals surface area contributed by atoms with Gasteiger partial charge in [-0.2, -0.15) is 22.0 Å². The Morgan fingerprint density at radius 1 is 0.742 bits per heavy atom. The lowest BCUT2D eigenvalue weighted by atomic mass is 9.84. The first-order valence-electron chi connectivity index (χ1n) is 30.5. The highest BCUT2D eigenvalue weighted by atomic mass is 32.2. The summed E-state index contributed by atoms with van der Waals surface area (Å²) in [5.41, 5.74) is 10.00. The van der Waals surface area contributed by atoms with Gasteiger partial charge in [0.1, 0.15) is 5.60 Å². The van der Waals surface area contributed by atoms with Gasteiger partial charge < -0.3 is 54.9 Å². The molecule has 8 amide bonds. The topological polar surface area (TPSA) is 383 Å². The summed E-state index contributed by atoms with van der Waals surface area (Å²) >= 11 is 1.91. The van der Waals surface area contributed by atoms with Crippen LogP contribution < -0.4 is 42.3 Å². The van der Waals surface area contributed by atoms with Crippen LogP contribution in [0.25, 0.3) is 32.4 Å². The minimum atomic E-state index is -2.98. The number of hydrogen-bond donors (Lipinski definition) is 6. The molecule has 0 saturated carbocycles. The molecule has 9 atom stereocenters. The number of rotatable bonds is 5. The zero-order chi connectivity index (χ0) is 70.1. The van der Waals surface area contributed by atoms with E-state index in [2.05, 4.69) is 131 Å². The second kappa shape index (κ2) is 29.9. The molecule has 7 aliphatic rings. The van der Waals surface area contributed by atoms with Crippen molar-refractivity contribution >= 4 is 91.3 Å². The molecule has 6 N–H and O–H groups in total. The molecule has 2 aromatic heterocycles. The number of carbonyl (C=O) groups excluding carboxylic acids is 7. The molecule has 6 saturated heterocycles. The van der Waals surface area contributed by atoms with Gasteiger partial charge in [-0.3, -0.25) is 19.2 Å². The Kier molecular flexibility index (Phi) is 24.3. The third-order valence-electron chi connectivity index (χ3n) is 15.4. The maximum atomic E-state index is 11.5. The predicted octanol–water partition coefficient (Wildman–Crippen LogP) is 11.1. The first-order chi connectivity index (χ1) is 42.7. The number of furan rings is 1. The zero-order valence-corrected chi connectivity index (χ0v) is 58.4. The highest BCUT2D eigenvalue weighted by molar-refractivity contribution is 8.00. The molecular weight excluding hydrogens is 1240 g/mol. The smallest absolute Gasteiger partial charge is 0.481 e. The van der Waals surface area contributed by atoms with Crippen molar-refractivity contribution in [2.45, 2.75) is 221 Å². The van der Waals surface area contributed by atoms with E-state index in [4.69, 9.17) is 23.8 Å². The Bertz CT molecular complexity index is 3600. The van der Waals surface area contributed by atoms with E-state index >= 15 is 0 Å². The molecule has 4 aromatic rings. The van der Waals surface area contributed by atoms with Crippen LogP contribution >= 0.6 is 11.8 Å². The maximum absolute atomic E-state index is 11.5. The predicted molar refractivity (Wildman–Crippen MR) is 351 cm³/mol. The number of imide groups is 1. The molecule has 2 unspecified atom stereocenters. The number of thioether (sulfide) groups is 1. The average Bonchev–Trinajstić information content (AvgIpc) is 1.76. The van der Waals surface area contributed by atoms with Crippen LogP contribution in [0.15, 0.2) is 83.8 Å². The van der Waals surface area contributed by atoms with Crippen molar-refractivity contribution in [3.05, 3.63) is 81.2 Å². The fourth-order valence-corrected chi connectivity index (χ4v) is 12.6. The molecule has 0 aliphatic carbocycles. The molecule has 7 aliphatic heterocycles. The van der Waals surface area contributed by atoms with Gasteiger partial charge in [-0.25, -0.2) is 32.4 Å². The van der Waals surface area contributed by atoms with Gasteiger partial charge in [0.05, 0.1) is 52.9 Å². The van der Waals surface area contributed by atoms with Crippen molar-refractivity contribution in [3.8, 4) is 5.75 Å². The lowest BCUT2D eigenvalue weighted by molar-refractivity contribution is -0.194. The van der Waals surface area contributed by atoms with Crippen LogP contribution in [0.2, 0.25) is 0 Å². The second-order valence-corrected chi connectivity index (χ2v) is 32.3. The standard InChI is InChI=1S/C15H14O4.C12H17NO7.C10H13N3.C8H16N2O.C6H10N2O3S.C6H10N2OS.C6H12N2/c1-15(2,3)19-14-12-10(6-7-17-12)8-9-4-5-11(16)18-13(9)14;1-7(18-10(16)12(2,3)4)19-11(17)20-13-8(14)5-6-9(13)15;1-10(2,3)8-4-6-9(7-5-8)12-13-11;1-5-6(8(2,3)4)10-7(11)9-5;1-3-5-4(2-12(3,10)11)7-6(9)8-5;1-3-5-4(2-10-3)7-6(9)8-5;1-5(2,3)6(4)7-8-6/h4-8H,1-3H3;7H,5-6H2,1-4H3;4-7H,1-3H3;5-6H,1-4H3,(H2,9,10,11);3-5H,2H2,1H3,(H2,7,8,9);3-5H,2H2,1H3,(H2,7,8,9);1-4H3/t;7-;;;2*3-,4-,5+;/m.0..00./s1. The Morgan fingerprint density at radius 2 is 1.30 bits per heavy atom. The molecule has 6 fully saturated rings. The lowest BCUT2D eigenvalue weighted by Gasteiger charge is -2.28. The highest BCUT2D eigenvalue weighted by Crippen LogP contribution is 2.44. The van der Waals surface area contributed by atoms with Crippen LogP contribution in [0.1, 0.15) is 157 Å². The Balaban J connectivity index is 0.000000201. The molecular formula is C63H92N12O16S2. The highest BCUT2D eigenvalue weighted by Gasteiger charge is 2.50. The third kappa shape index (κ3) is 21.5. The van der Waals surface area contributed by atoms with Crippen molar-refractivity contribution in [1.29, 1.82) is 0 Å². The first-order valence-corrected chi connectivity index (χ1v) is 33.2. The number of nitrogens with zero attached hydrogens (tertiary/aromatic N) is 6. The van der Waals surface area contributed by atoms with Gasteiger partial charge in [0.25, 0.3) is 11.8 Å². The van der Waals surface area contributed by atoms with E-state index in [1.807, 2.05) is 82.8 Å². The van der Waals surface area contributed by atoms with Crippen molar-refractivity contribution in [1.82, 2.24) is 37.0 Å². The quantitative estimate of drug-likeness (QED) is 0.0158. The Labute approximate surface area is 546 Å². The average molecular weight is 1340 g/mol. The normalized spacial score (nSPS) is 23.7. The van der Waals surface area contributed by atoms with Crippen LogP contribution in [-0.2, 0) is 43.9 Å². The lowest BCUT2D eigenvalue weighted by Crippen LogP contribution is -2.42. The molecule has 0 radical (unpaired) electrons. The summed E-state index contributed by atoms with van der Waals surface area (Å²) in [7, 11) is -2.98. The minimum Gasteiger partial charge on any atom is -0.481 e. The van der Waals surface area contributed by atoms with Gasteiger partial charge in [-0.1, -0.05) is 104 Å². The Hall–Kier alpha value is -8.11. The van der Waals surface area contributed by atoms with E-state index in [-0.39, 0.29) is 82.8 Å². The number of hydrogen-bond acceptors (Lipinski definition) is 20. The zero-order valence-electron chi connectivity index (χ0n) is 56.8. The van der Waals surface area contributed by atoms with E-state index in [9.17, 15) is 46.8 Å². The van der Waals surface area contributed by atoms with Gasteiger partial charge >= 0.3 is 35.8 Å². The molecule has 512 valence electrons. The van der Waals surface area contributed by atoms with Crippen LogP contribution in [0.3, 0.4) is 0 Å². The fraction of sp³-hybridized carbons (Fsp3) is 0.619. The van der Waals surface area contributed by atoms with Crippen molar-refractivity contribution in [2.24, 2.45) is 31.6 Å². The van der Waals surface area contributed by atoms with E-state index < -0.39 is 62.0 Å². The van der Waals surface area contributed by atoms with E-state index in [1.165, 1.54) is 18.6 Å². The summed E-state index contributed by atoms with van der Waals surface area (Å²) < 4.78 is 48.7. The number of fused-ring (bicyclic) bond motifs is 4. The number of urea groups is 3. The maximum Gasteiger partial charge on any atom is 0.537 e.